The Labute approximate surface area is 129 Å². The molecule has 0 spiro atoms. The Morgan fingerprint density at radius 2 is 1.86 bits per heavy atom. The van der Waals surface area contributed by atoms with Crippen LogP contribution in [0.3, 0.4) is 0 Å². The fourth-order valence-corrected chi connectivity index (χ4v) is 2.18. The van der Waals surface area contributed by atoms with E-state index in [-0.39, 0.29) is 0 Å². The summed E-state index contributed by atoms with van der Waals surface area (Å²) in [5.74, 6) is 0. The first kappa shape index (κ1) is 14.5. The zero-order valence-corrected chi connectivity index (χ0v) is 12.8. The molecular weight excluding hydrogens is 278 g/mol. The molecule has 3 rings (SSSR count). The molecule has 3 aromatic rings. The molecule has 0 unspecified atom stereocenters. The average molecular weight is 297 g/mol. The van der Waals surface area contributed by atoms with Crippen molar-refractivity contribution in [2.75, 3.05) is 27.2 Å². The summed E-state index contributed by atoms with van der Waals surface area (Å²) in [6.07, 6.45) is 8.18. The number of hydrogen-bond acceptors (Lipinski definition) is 5. The van der Waals surface area contributed by atoms with E-state index in [1.807, 2.05) is 32.6 Å². The standard InChI is InChI=1S/C16H19N5O/c1-21(2)6-3-7-22-16-19-10-14(11-20-16)13-8-12-4-5-17-15(12)18-9-13/h4-5,8-11H,3,6-7H2,1-2H3,(H,17,18). The van der Waals surface area contributed by atoms with Gasteiger partial charge in [0.2, 0.25) is 0 Å². The molecule has 0 bridgehead atoms. The van der Waals surface area contributed by atoms with E-state index in [9.17, 15) is 0 Å². The van der Waals surface area contributed by atoms with Gasteiger partial charge in [-0.3, -0.25) is 0 Å². The van der Waals surface area contributed by atoms with Gasteiger partial charge in [0, 0.05) is 47.8 Å². The number of fused-ring (bicyclic) bond motifs is 1. The van der Waals surface area contributed by atoms with E-state index in [1.54, 1.807) is 12.4 Å². The summed E-state index contributed by atoms with van der Waals surface area (Å²) in [6.45, 7) is 1.61. The van der Waals surface area contributed by atoms with Crippen molar-refractivity contribution < 1.29 is 4.74 Å². The zero-order valence-electron chi connectivity index (χ0n) is 12.8. The molecule has 0 aliphatic heterocycles. The SMILES string of the molecule is CN(C)CCCOc1ncc(-c2cnc3[nH]ccc3c2)cn1. The summed E-state index contributed by atoms with van der Waals surface area (Å²) in [4.78, 5) is 18.1. The van der Waals surface area contributed by atoms with E-state index < -0.39 is 0 Å². The highest BCUT2D eigenvalue weighted by atomic mass is 16.5. The Morgan fingerprint density at radius 3 is 2.64 bits per heavy atom. The maximum Gasteiger partial charge on any atom is 0.316 e. The van der Waals surface area contributed by atoms with Crippen molar-refractivity contribution >= 4 is 11.0 Å². The number of hydrogen-bond donors (Lipinski definition) is 1. The molecule has 114 valence electrons. The van der Waals surface area contributed by atoms with Gasteiger partial charge in [0.05, 0.1) is 6.61 Å². The van der Waals surface area contributed by atoms with Gasteiger partial charge in [-0.2, -0.15) is 0 Å². The van der Waals surface area contributed by atoms with Crippen LogP contribution in [-0.4, -0.2) is 52.1 Å². The fourth-order valence-electron chi connectivity index (χ4n) is 2.18. The molecule has 0 radical (unpaired) electrons. The predicted octanol–water partition coefficient (Wildman–Crippen LogP) is 2.35. The Balaban J connectivity index is 1.65. The Bertz CT molecular complexity index is 736. The van der Waals surface area contributed by atoms with Crippen LogP contribution in [0.2, 0.25) is 0 Å². The summed E-state index contributed by atoms with van der Waals surface area (Å²) in [5.41, 5.74) is 2.80. The second-order valence-electron chi connectivity index (χ2n) is 5.40. The van der Waals surface area contributed by atoms with Crippen LogP contribution < -0.4 is 4.74 Å². The first-order valence-corrected chi connectivity index (χ1v) is 7.25. The largest absolute Gasteiger partial charge is 0.463 e. The monoisotopic (exact) mass is 297 g/mol. The lowest BCUT2D eigenvalue weighted by molar-refractivity contribution is 0.264. The Hall–Kier alpha value is -2.47. The number of nitrogens with zero attached hydrogens (tertiary/aromatic N) is 4. The minimum Gasteiger partial charge on any atom is -0.463 e. The summed E-state index contributed by atoms with van der Waals surface area (Å²) < 4.78 is 5.54. The Kier molecular flexibility index (Phi) is 4.29. The molecule has 6 nitrogen and oxygen atoms in total. The Morgan fingerprint density at radius 1 is 1.09 bits per heavy atom. The molecule has 0 saturated carbocycles. The first-order valence-electron chi connectivity index (χ1n) is 7.25. The average Bonchev–Trinajstić information content (AvgIpc) is 2.99. The maximum atomic E-state index is 5.54. The van der Waals surface area contributed by atoms with Crippen molar-refractivity contribution in [3.63, 3.8) is 0 Å². The van der Waals surface area contributed by atoms with Crippen molar-refractivity contribution in [1.29, 1.82) is 0 Å². The van der Waals surface area contributed by atoms with Crippen LogP contribution in [0, 0.1) is 0 Å². The number of aromatic nitrogens is 4. The molecule has 1 N–H and O–H groups in total. The third-order valence-electron chi connectivity index (χ3n) is 3.34. The second-order valence-corrected chi connectivity index (χ2v) is 5.40. The van der Waals surface area contributed by atoms with Crippen LogP contribution in [0.5, 0.6) is 6.01 Å². The van der Waals surface area contributed by atoms with Crippen molar-refractivity contribution in [1.82, 2.24) is 24.8 Å². The second kappa shape index (κ2) is 6.53. The summed E-state index contributed by atoms with van der Waals surface area (Å²) in [6, 6.07) is 4.47. The van der Waals surface area contributed by atoms with Gasteiger partial charge in [0.15, 0.2) is 0 Å². The van der Waals surface area contributed by atoms with Crippen molar-refractivity contribution in [3.05, 3.63) is 36.9 Å². The predicted molar refractivity (Wildman–Crippen MR) is 85.8 cm³/mol. The molecule has 22 heavy (non-hydrogen) atoms. The lowest BCUT2D eigenvalue weighted by Crippen LogP contribution is -2.15. The highest BCUT2D eigenvalue weighted by Crippen LogP contribution is 2.21. The number of ether oxygens (including phenoxy) is 1. The van der Waals surface area contributed by atoms with Gasteiger partial charge in [-0.05, 0) is 32.6 Å². The molecule has 0 atom stereocenters. The van der Waals surface area contributed by atoms with Gasteiger partial charge in [-0.1, -0.05) is 0 Å². The van der Waals surface area contributed by atoms with Crippen LogP contribution >= 0.6 is 0 Å². The van der Waals surface area contributed by atoms with Gasteiger partial charge in [-0.15, -0.1) is 0 Å². The molecule has 0 amide bonds. The van der Waals surface area contributed by atoms with Crippen LogP contribution in [0.15, 0.2) is 36.9 Å². The van der Waals surface area contributed by atoms with Crippen molar-refractivity contribution in [2.45, 2.75) is 6.42 Å². The highest BCUT2D eigenvalue weighted by Gasteiger charge is 2.04. The van der Waals surface area contributed by atoms with Crippen LogP contribution in [0.25, 0.3) is 22.2 Å². The van der Waals surface area contributed by atoms with Gasteiger partial charge >= 0.3 is 6.01 Å². The van der Waals surface area contributed by atoms with E-state index in [4.69, 9.17) is 4.74 Å². The van der Waals surface area contributed by atoms with Crippen molar-refractivity contribution in [3.8, 4) is 17.1 Å². The third-order valence-corrected chi connectivity index (χ3v) is 3.34. The molecular formula is C16H19N5O. The van der Waals surface area contributed by atoms with Gasteiger partial charge < -0.3 is 14.6 Å². The summed E-state index contributed by atoms with van der Waals surface area (Å²) in [7, 11) is 4.08. The number of nitrogens with one attached hydrogen (secondary N) is 1. The minimum atomic E-state index is 0.415. The fraction of sp³-hybridized carbons (Fsp3) is 0.312. The molecule has 3 heterocycles. The highest BCUT2D eigenvalue weighted by molar-refractivity contribution is 5.80. The van der Waals surface area contributed by atoms with E-state index >= 15 is 0 Å². The van der Waals surface area contributed by atoms with Crippen LogP contribution in [0.4, 0.5) is 0 Å². The molecule has 0 aliphatic rings. The normalized spacial score (nSPS) is 11.2. The molecule has 0 aromatic carbocycles. The third kappa shape index (κ3) is 3.40. The molecule has 0 aliphatic carbocycles. The molecule has 6 heteroatoms. The lowest BCUT2D eigenvalue weighted by atomic mass is 10.1. The van der Waals surface area contributed by atoms with Crippen molar-refractivity contribution in [2.24, 2.45) is 0 Å². The van der Waals surface area contributed by atoms with Crippen LogP contribution in [0.1, 0.15) is 6.42 Å². The molecule has 0 fully saturated rings. The minimum absolute atomic E-state index is 0.415. The number of aromatic amines is 1. The number of pyridine rings is 1. The van der Waals surface area contributed by atoms with E-state index in [1.165, 1.54) is 0 Å². The van der Waals surface area contributed by atoms with Crippen LogP contribution in [-0.2, 0) is 0 Å². The van der Waals surface area contributed by atoms with Gasteiger partial charge in [0.1, 0.15) is 5.65 Å². The molecule has 0 saturated heterocycles. The topological polar surface area (TPSA) is 66.9 Å². The summed E-state index contributed by atoms with van der Waals surface area (Å²) >= 11 is 0. The zero-order chi connectivity index (χ0) is 15.4. The maximum absolute atomic E-state index is 5.54. The quantitative estimate of drug-likeness (QED) is 0.707. The summed E-state index contributed by atoms with van der Waals surface area (Å²) in [5, 5.41) is 1.07. The lowest BCUT2D eigenvalue weighted by Gasteiger charge is -2.09. The van der Waals surface area contributed by atoms with Gasteiger partial charge in [0.25, 0.3) is 0 Å². The smallest absolute Gasteiger partial charge is 0.316 e. The van der Waals surface area contributed by atoms with E-state index in [0.717, 1.165) is 35.1 Å². The van der Waals surface area contributed by atoms with E-state index in [0.29, 0.717) is 12.6 Å². The first-order chi connectivity index (χ1) is 10.7. The van der Waals surface area contributed by atoms with E-state index in [2.05, 4.69) is 30.9 Å². The molecule has 3 aromatic heterocycles. The number of rotatable bonds is 6. The van der Waals surface area contributed by atoms with Gasteiger partial charge in [-0.25, -0.2) is 15.0 Å². The number of H-pyrrole nitrogens is 1.